The number of hydrogen-bond acceptors (Lipinski definition) is 4. The highest BCUT2D eigenvalue weighted by atomic mass is 32.2. The van der Waals surface area contributed by atoms with E-state index in [9.17, 15) is 13.2 Å². The number of nitrogens with zero attached hydrogens (tertiary/aromatic N) is 1. The number of amides is 1. The van der Waals surface area contributed by atoms with Gasteiger partial charge in [-0.15, -0.1) is 0 Å². The predicted molar refractivity (Wildman–Crippen MR) is 105 cm³/mol. The van der Waals surface area contributed by atoms with Crippen molar-refractivity contribution >= 4 is 27.1 Å². The van der Waals surface area contributed by atoms with Crippen molar-refractivity contribution in [2.75, 3.05) is 22.5 Å². The molecule has 0 unspecified atom stereocenters. The molecular weight excluding hydrogens is 348 g/mol. The third kappa shape index (κ3) is 4.14. The maximum atomic E-state index is 12.9. The maximum absolute atomic E-state index is 12.9. The fourth-order valence-corrected chi connectivity index (χ4v) is 4.24. The molecule has 1 N–H and O–H groups in total. The van der Waals surface area contributed by atoms with Crippen molar-refractivity contribution in [3.8, 4) is 0 Å². The zero-order valence-corrected chi connectivity index (χ0v) is 15.7. The molecule has 5 nitrogen and oxygen atoms in total. The van der Waals surface area contributed by atoms with Crippen molar-refractivity contribution in [2.24, 2.45) is 0 Å². The summed E-state index contributed by atoms with van der Waals surface area (Å²) >= 11 is 0. The van der Waals surface area contributed by atoms with Crippen LogP contribution < -0.4 is 10.2 Å². The Kier molecular flexibility index (Phi) is 5.13. The van der Waals surface area contributed by atoms with Gasteiger partial charge in [0, 0.05) is 16.8 Å². The number of carbonyl (C=O) groups is 1. The standard InChI is InChI=1S/C20H22N2O3S/c1-15-7-9-17(10-8-15)22(18-11-12-26(24,25)14-18)20(23)13-21-19-6-4-3-5-16(19)2/h3-12,18,21H,13-14H2,1-2H3/t18-/m0/s1. The van der Waals surface area contributed by atoms with Gasteiger partial charge in [0.25, 0.3) is 0 Å². The Morgan fingerprint density at radius 1 is 1.12 bits per heavy atom. The Morgan fingerprint density at radius 3 is 2.42 bits per heavy atom. The van der Waals surface area contributed by atoms with Crippen LogP contribution in [-0.2, 0) is 14.6 Å². The third-order valence-corrected chi connectivity index (χ3v) is 5.78. The number of aryl methyl sites for hydroxylation is 2. The predicted octanol–water partition coefficient (Wildman–Crippen LogP) is 3.06. The van der Waals surface area contributed by atoms with E-state index in [2.05, 4.69) is 5.32 Å². The number of nitrogens with one attached hydrogen (secondary N) is 1. The van der Waals surface area contributed by atoms with Crippen molar-refractivity contribution in [2.45, 2.75) is 19.9 Å². The lowest BCUT2D eigenvalue weighted by molar-refractivity contribution is -0.117. The largest absolute Gasteiger partial charge is 0.376 e. The first-order valence-corrected chi connectivity index (χ1v) is 10.2. The summed E-state index contributed by atoms with van der Waals surface area (Å²) in [6.45, 7) is 4.02. The summed E-state index contributed by atoms with van der Waals surface area (Å²) in [4.78, 5) is 14.5. The molecule has 26 heavy (non-hydrogen) atoms. The average molecular weight is 370 g/mol. The van der Waals surface area contributed by atoms with E-state index < -0.39 is 15.9 Å². The molecule has 0 bridgehead atoms. The highest BCUT2D eigenvalue weighted by molar-refractivity contribution is 7.94. The van der Waals surface area contributed by atoms with E-state index in [4.69, 9.17) is 0 Å². The molecule has 3 rings (SSSR count). The molecule has 1 aliphatic rings. The molecule has 0 saturated carbocycles. The lowest BCUT2D eigenvalue weighted by Crippen LogP contribution is -2.44. The molecule has 1 atom stereocenters. The van der Waals surface area contributed by atoms with Gasteiger partial charge in [0.05, 0.1) is 18.3 Å². The molecular formula is C20H22N2O3S. The van der Waals surface area contributed by atoms with Gasteiger partial charge in [-0.3, -0.25) is 4.79 Å². The second kappa shape index (κ2) is 7.33. The van der Waals surface area contributed by atoms with Gasteiger partial charge < -0.3 is 10.2 Å². The molecule has 2 aromatic rings. The Labute approximate surface area is 154 Å². The SMILES string of the molecule is Cc1ccc(N(C(=O)CNc2ccccc2C)[C@H]2C=CS(=O)(=O)C2)cc1. The van der Waals surface area contributed by atoms with Gasteiger partial charge in [-0.25, -0.2) is 8.42 Å². The smallest absolute Gasteiger partial charge is 0.246 e. The molecule has 1 heterocycles. The molecule has 136 valence electrons. The van der Waals surface area contributed by atoms with Gasteiger partial charge in [-0.2, -0.15) is 0 Å². The molecule has 6 heteroatoms. The van der Waals surface area contributed by atoms with Crippen LogP contribution in [0.3, 0.4) is 0 Å². The van der Waals surface area contributed by atoms with E-state index in [0.29, 0.717) is 5.69 Å². The van der Waals surface area contributed by atoms with Crippen LogP contribution in [-0.4, -0.2) is 32.7 Å². The van der Waals surface area contributed by atoms with E-state index in [0.717, 1.165) is 16.8 Å². The van der Waals surface area contributed by atoms with Crippen LogP contribution in [0.25, 0.3) is 0 Å². The summed E-state index contributed by atoms with van der Waals surface area (Å²) in [5.41, 5.74) is 3.71. The second-order valence-electron chi connectivity index (χ2n) is 6.49. The summed E-state index contributed by atoms with van der Waals surface area (Å²) < 4.78 is 23.7. The number of rotatable bonds is 5. The van der Waals surface area contributed by atoms with Gasteiger partial charge in [-0.1, -0.05) is 35.9 Å². The topological polar surface area (TPSA) is 66.5 Å². The van der Waals surface area contributed by atoms with Gasteiger partial charge >= 0.3 is 0 Å². The first-order valence-electron chi connectivity index (χ1n) is 8.45. The molecule has 0 fully saturated rings. The number of carbonyl (C=O) groups excluding carboxylic acids is 1. The zero-order valence-electron chi connectivity index (χ0n) is 14.8. The first-order chi connectivity index (χ1) is 12.4. The molecule has 0 spiro atoms. The lowest BCUT2D eigenvalue weighted by atomic mass is 10.1. The van der Waals surface area contributed by atoms with Crippen LogP contribution in [0.1, 0.15) is 11.1 Å². The minimum atomic E-state index is -3.26. The van der Waals surface area contributed by atoms with Crippen LogP contribution >= 0.6 is 0 Å². The fraction of sp³-hybridized carbons (Fsp3) is 0.250. The number of sulfone groups is 1. The van der Waals surface area contributed by atoms with E-state index >= 15 is 0 Å². The van der Waals surface area contributed by atoms with Crippen LogP contribution in [0.2, 0.25) is 0 Å². The number of para-hydroxylation sites is 1. The van der Waals surface area contributed by atoms with Crippen LogP contribution in [0.15, 0.2) is 60.0 Å². The van der Waals surface area contributed by atoms with E-state index in [1.54, 1.807) is 11.0 Å². The maximum Gasteiger partial charge on any atom is 0.246 e. The normalized spacial score (nSPS) is 17.8. The molecule has 2 aromatic carbocycles. The summed E-state index contributed by atoms with van der Waals surface area (Å²) in [7, 11) is -3.26. The molecule has 0 aromatic heterocycles. The average Bonchev–Trinajstić information content (AvgIpc) is 2.95. The van der Waals surface area contributed by atoms with E-state index in [1.807, 2.05) is 62.4 Å². The van der Waals surface area contributed by atoms with Crippen LogP contribution in [0.5, 0.6) is 0 Å². The quantitative estimate of drug-likeness (QED) is 0.878. The van der Waals surface area contributed by atoms with Crippen molar-refractivity contribution in [1.82, 2.24) is 0 Å². The van der Waals surface area contributed by atoms with Gasteiger partial charge in [0.1, 0.15) is 0 Å². The minimum absolute atomic E-state index is 0.0863. The van der Waals surface area contributed by atoms with Crippen molar-refractivity contribution in [3.05, 3.63) is 71.1 Å². The Hall–Kier alpha value is -2.60. The molecule has 1 aliphatic heterocycles. The van der Waals surface area contributed by atoms with Crippen LogP contribution in [0, 0.1) is 13.8 Å². The number of anilines is 2. The lowest BCUT2D eigenvalue weighted by Gasteiger charge is -2.28. The third-order valence-electron chi connectivity index (χ3n) is 4.40. The summed E-state index contributed by atoms with van der Waals surface area (Å²) in [6, 6.07) is 14.8. The highest BCUT2D eigenvalue weighted by Crippen LogP contribution is 2.24. The van der Waals surface area contributed by atoms with Crippen molar-refractivity contribution in [1.29, 1.82) is 0 Å². The Balaban J connectivity index is 1.83. The fourth-order valence-electron chi connectivity index (χ4n) is 2.97. The van der Waals surface area contributed by atoms with E-state index in [1.165, 1.54) is 5.41 Å². The Bertz CT molecular complexity index is 934. The summed E-state index contributed by atoms with van der Waals surface area (Å²) in [5, 5.41) is 4.35. The van der Waals surface area contributed by atoms with Crippen LogP contribution in [0.4, 0.5) is 11.4 Å². The van der Waals surface area contributed by atoms with Gasteiger partial charge in [-0.05, 0) is 43.7 Å². The first kappa shape index (κ1) is 18.2. The minimum Gasteiger partial charge on any atom is -0.376 e. The summed E-state index contributed by atoms with van der Waals surface area (Å²) in [5.74, 6) is -0.263. The van der Waals surface area contributed by atoms with Gasteiger partial charge in [0.15, 0.2) is 9.84 Å². The molecule has 0 radical (unpaired) electrons. The van der Waals surface area contributed by atoms with Crippen molar-refractivity contribution < 1.29 is 13.2 Å². The zero-order chi connectivity index (χ0) is 18.7. The highest BCUT2D eigenvalue weighted by Gasteiger charge is 2.31. The second-order valence-corrected chi connectivity index (χ2v) is 8.42. The van der Waals surface area contributed by atoms with E-state index in [-0.39, 0.29) is 18.2 Å². The monoisotopic (exact) mass is 370 g/mol. The van der Waals surface area contributed by atoms with Crippen molar-refractivity contribution in [3.63, 3.8) is 0 Å². The molecule has 0 aliphatic carbocycles. The summed E-state index contributed by atoms with van der Waals surface area (Å²) in [6.07, 6.45) is 1.58. The number of hydrogen-bond donors (Lipinski definition) is 1. The molecule has 0 saturated heterocycles. The van der Waals surface area contributed by atoms with Gasteiger partial charge in [0.2, 0.25) is 5.91 Å². The Morgan fingerprint density at radius 2 is 1.81 bits per heavy atom. The number of benzene rings is 2. The molecule has 1 amide bonds.